The molecule has 0 saturated heterocycles. The Morgan fingerprint density at radius 3 is 2.17 bits per heavy atom. The molecule has 2 unspecified atom stereocenters. The van der Waals surface area contributed by atoms with Crippen molar-refractivity contribution in [2.45, 2.75) is 52.6 Å². The van der Waals surface area contributed by atoms with Crippen molar-refractivity contribution in [3.63, 3.8) is 0 Å². The molecule has 0 aliphatic rings. The van der Waals surface area contributed by atoms with Gasteiger partial charge in [-0.2, -0.15) is 0 Å². The summed E-state index contributed by atoms with van der Waals surface area (Å²) in [7, 11) is 0. The molecule has 1 rings (SSSR count). The van der Waals surface area contributed by atoms with Crippen LogP contribution in [0.4, 0.5) is 0 Å². The predicted octanol–water partition coefficient (Wildman–Crippen LogP) is 3.31. The van der Waals surface area contributed by atoms with E-state index in [2.05, 4.69) is 57.3 Å². The van der Waals surface area contributed by atoms with Crippen LogP contribution in [0.2, 0.25) is 0 Å². The summed E-state index contributed by atoms with van der Waals surface area (Å²) in [6.45, 7) is 8.91. The molecule has 2 N–H and O–H groups in total. The number of benzene rings is 1. The highest BCUT2D eigenvalue weighted by atomic mass is 16.3. The SMILES string of the molecule is CCC(C)NC(CO)c1ccc(CC(C)C)cc1. The Labute approximate surface area is 111 Å². The third-order valence-corrected chi connectivity index (χ3v) is 3.31. The van der Waals surface area contributed by atoms with Crippen molar-refractivity contribution in [3.05, 3.63) is 35.4 Å². The Morgan fingerprint density at radius 2 is 1.72 bits per heavy atom. The average Bonchev–Trinajstić information content (AvgIpc) is 2.36. The first-order chi connectivity index (χ1) is 8.56. The highest BCUT2D eigenvalue weighted by molar-refractivity contribution is 5.25. The van der Waals surface area contributed by atoms with E-state index in [1.165, 1.54) is 11.1 Å². The largest absolute Gasteiger partial charge is 0.394 e. The third kappa shape index (κ3) is 4.79. The standard InChI is InChI=1S/C16H27NO/c1-5-13(4)17-16(11-18)15-8-6-14(7-9-15)10-12(2)3/h6-9,12-13,16-18H,5,10-11H2,1-4H3. The topological polar surface area (TPSA) is 32.3 Å². The summed E-state index contributed by atoms with van der Waals surface area (Å²) in [6.07, 6.45) is 2.19. The predicted molar refractivity (Wildman–Crippen MR) is 77.7 cm³/mol. The number of aliphatic hydroxyl groups excluding tert-OH is 1. The maximum Gasteiger partial charge on any atom is 0.0626 e. The van der Waals surface area contributed by atoms with Gasteiger partial charge >= 0.3 is 0 Å². The highest BCUT2D eigenvalue weighted by Gasteiger charge is 2.12. The normalized spacial score (nSPS) is 14.8. The van der Waals surface area contributed by atoms with Gasteiger partial charge in [0.15, 0.2) is 0 Å². The zero-order chi connectivity index (χ0) is 13.5. The van der Waals surface area contributed by atoms with Gasteiger partial charge in [-0.1, -0.05) is 45.0 Å². The summed E-state index contributed by atoms with van der Waals surface area (Å²) in [5.74, 6) is 0.683. The van der Waals surface area contributed by atoms with Gasteiger partial charge in [-0.25, -0.2) is 0 Å². The molecule has 0 aromatic heterocycles. The molecule has 2 atom stereocenters. The van der Waals surface area contributed by atoms with E-state index >= 15 is 0 Å². The summed E-state index contributed by atoms with van der Waals surface area (Å²) < 4.78 is 0. The van der Waals surface area contributed by atoms with Gasteiger partial charge in [0.1, 0.15) is 0 Å². The quantitative estimate of drug-likeness (QED) is 0.777. The summed E-state index contributed by atoms with van der Waals surface area (Å²) >= 11 is 0. The molecule has 18 heavy (non-hydrogen) atoms. The van der Waals surface area contributed by atoms with Crippen LogP contribution in [0.1, 0.15) is 51.3 Å². The van der Waals surface area contributed by atoms with E-state index in [0.29, 0.717) is 12.0 Å². The summed E-state index contributed by atoms with van der Waals surface area (Å²) in [4.78, 5) is 0. The van der Waals surface area contributed by atoms with Crippen molar-refractivity contribution in [3.8, 4) is 0 Å². The van der Waals surface area contributed by atoms with Crippen molar-refractivity contribution >= 4 is 0 Å². The number of aliphatic hydroxyl groups is 1. The van der Waals surface area contributed by atoms with Crippen LogP contribution in [0.15, 0.2) is 24.3 Å². The summed E-state index contributed by atoms with van der Waals surface area (Å²) in [6, 6.07) is 9.10. The first-order valence-corrected chi connectivity index (χ1v) is 7.02. The molecule has 0 fully saturated rings. The Hall–Kier alpha value is -0.860. The second kappa shape index (κ2) is 7.55. The molecule has 0 heterocycles. The smallest absolute Gasteiger partial charge is 0.0626 e. The molecule has 1 aromatic carbocycles. The first-order valence-electron chi connectivity index (χ1n) is 7.02. The lowest BCUT2D eigenvalue weighted by molar-refractivity contribution is 0.234. The lowest BCUT2D eigenvalue weighted by Gasteiger charge is -2.21. The lowest BCUT2D eigenvalue weighted by Crippen LogP contribution is -2.32. The van der Waals surface area contributed by atoms with E-state index in [1.807, 2.05) is 0 Å². The molecule has 102 valence electrons. The second-order valence-corrected chi connectivity index (χ2v) is 5.55. The molecule has 0 radical (unpaired) electrons. The molecule has 0 amide bonds. The molecule has 0 spiro atoms. The second-order valence-electron chi connectivity index (χ2n) is 5.55. The van der Waals surface area contributed by atoms with Gasteiger partial charge in [0, 0.05) is 6.04 Å². The van der Waals surface area contributed by atoms with E-state index in [-0.39, 0.29) is 12.6 Å². The Bertz CT molecular complexity index is 331. The molecule has 0 aliphatic carbocycles. The first kappa shape index (κ1) is 15.2. The Morgan fingerprint density at radius 1 is 1.11 bits per heavy atom. The van der Waals surface area contributed by atoms with Gasteiger partial charge in [0.2, 0.25) is 0 Å². The Kier molecular flexibility index (Phi) is 6.37. The molecule has 2 heteroatoms. The Balaban J connectivity index is 2.69. The van der Waals surface area contributed by atoms with E-state index in [4.69, 9.17) is 0 Å². The van der Waals surface area contributed by atoms with Crippen molar-refractivity contribution in [2.75, 3.05) is 6.61 Å². The zero-order valence-electron chi connectivity index (χ0n) is 12.1. The van der Waals surface area contributed by atoms with Crippen LogP contribution in [0.3, 0.4) is 0 Å². The lowest BCUT2D eigenvalue weighted by atomic mass is 9.99. The number of hydrogen-bond acceptors (Lipinski definition) is 2. The van der Waals surface area contributed by atoms with Gasteiger partial charge in [0.05, 0.1) is 12.6 Å². The molecule has 0 aliphatic heterocycles. The number of hydrogen-bond donors (Lipinski definition) is 2. The molecule has 1 aromatic rings. The minimum Gasteiger partial charge on any atom is -0.394 e. The van der Waals surface area contributed by atoms with Gasteiger partial charge in [-0.05, 0) is 36.8 Å². The minimum atomic E-state index is 0.0491. The monoisotopic (exact) mass is 249 g/mol. The highest BCUT2D eigenvalue weighted by Crippen LogP contribution is 2.16. The van der Waals surface area contributed by atoms with Crippen LogP contribution >= 0.6 is 0 Å². The summed E-state index contributed by atoms with van der Waals surface area (Å²) in [5, 5.41) is 12.9. The fourth-order valence-electron chi connectivity index (χ4n) is 2.07. The molecule has 0 saturated carbocycles. The molecular weight excluding hydrogens is 222 g/mol. The van der Waals surface area contributed by atoms with Crippen LogP contribution in [0, 0.1) is 5.92 Å². The van der Waals surface area contributed by atoms with E-state index in [0.717, 1.165) is 12.8 Å². The van der Waals surface area contributed by atoms with E-state index in [1.54, 1.807) is 0 Å². The zero-order valence-corrected chi connectivity index (χ0v) is 12.1. The van der Waals surface area contributed by atoms with Gasteiger partial charge in [-0.15, -0.1) is 0 Å². The number of rotatable bonds is 7. The maximum absolute atomic E-state index is 9.48. The average molecular weight is 249 g/mol. The minimum absolute atomic E-state index is 0.0491. The van der Waals surface area contributed by atoms with Gasteiger partial charge in [-0.3, -0.25) is 0 Å². The number of nitrogens with one attached hydrogen (secondary N) is 1. The van der Waals surface area contributed by atoms with Crippen LogP contribution in [-0.4, -0.2) is 17.8 Å². The maximum atomic E-state index is 9.48. The van der Waals surface area contributed by atoms with E-state index < -0.39 is 0 Å². The van der Waals surface area contributed by atoms with Crippen molar-refractivity contribution in [2.24, 2.45) is 5.92 Å². The summed E-state index contributed by atoms with van der Waals surface area (Å²) in [5.41, 5.74) is 2.54. The van der Waals surface area contributed by atoms with Gasteiger partial charge in [0.25, 0.3) is 0 Å². The van der Waals surface area contributed by atoms with Crippen LogP contribution in [-0.2, 0) is 6.42 Å². The van der Waals surface area contributed by atoms with Crippen molar-refractivity contribution in [1.29, 1.82) is 0 Å². The molecular formula is C16H27NO. The molecule has 0 bridgehead atoms. The van der Waals surface area contributed by atoms with Crippen LogP contribution < -0.4 is 5.32 Å². The van der Waals surface area contributed by atoms with Crippen molar-refractivity contribution < 1.29 is 5.11 Å². The van der Waals surface area contributed by atoms with Crippen molar-refractivity contribution in [1.82, 2.24) is 5.32 Å². The third-order valence-electron chi connectivity index (χ3n) is 3.31. The molecule has 2 nitrogen and oxygen atoms in total. The van der Waals surface area contributed by atoms with Gasteiger partial charge < -0.3 is 10.4 Å². The van der Waals surface area contributed by atoms with Crippen LogP contribution in [0.25, 0.3) is 0 Å². The van der Waals surface area contributed by atoms with Crippen LogP contribution in [0.5, 0.6) is 0 Å². The fourth-order valence-corrected chi connectivity index (χ4v) is 2.07. The van der Waals surface area contributed by atoms with E-state index in [9.17, 15) is 5.11 Å². The fraction of sp³-hybridized carbons (Fsp3) is 0.625.